The number of hydrogen-bond donors (Lipinski definition) is 2. The molecule has 222 valence electrons. The maximum atomic E-state index is 14.0. The van der Waals surface area contributed by atoms with Gasteiger partial charge < -0.3 is 15.5 Å². The average molecular weight is 574 g/mol. The highest BCUT2D eigenvalue weighted by Gasteiger charge is 2.27. The summed E-state index contributed by atoms with van der Waals surface area (Å²) < 4.78 is 0. The largest absolute Gasteiger partial charge is 0.348 e. The van der Waals surface area contributed by atoms with E-state index in [9.17, 15) is 9.59 Å². The Bertz CT molecular complexity index is 1410. The number of nitrogens with one attached hydrogen (secondary N) is 2. The van der Waals surface area contributed by atoms with Gasteiger partial charge >= 0.3 is 0 Å². The highest BCUT2D eigenvalue weighted by atomic mass is 16.2. The first kappa shape index (κ1) is 30.2. The van der Waals surface area contributed by atoms with Gasteiger partial charge in [-0.05, 0) is 72.7 Å². The van der Waals surface area contributed by atoms with E-state index >= 15 is 0 Å². The fourth-order valence-corrected chi connectivity index (χ4v) is 6.01. The molecule has 1 aliphatic heterocycles. The van der Waals surface area contributed by atoms with Crippen molar-refractivity contribution in [3.8, 4) is 0 Å². The molecule has 1 aliphatic rings. The number of likely N-dealkylation sites (tertiary alicyclic amines) is 1. The molecule has 5 heteroatoms. The zero-order valence-electron chi connectivity index (χ0n) is 25.3. The van der Waals surface area contributed by atoms with Crippen LogP contribution in [0.1, 0.15) is 73.2 Å². The maximum absolute atomic E-state index is 14.0. The topological polar surface area (TPSA) is 61.4 Å². The van der Waals surface area contributed by atoms with Crippen LogP contribution in [0.2, 0.25) is 0 Å². The summed E-state index contributed by atoms with van der Waals surface area (Å²) in [5.74, 6) is 0.138. The van der Waals surface area contributed by atoms with Crippen LogP contribution < -0.4 is 10.6 Å². The smallest absolute Gasteiger partial charge is 0.232 e. The molecule has 0 spiro atoms. The Hall–Kier alpha value is -4.22. The number of rotatable bonds is 11. The van der Waals surface area contributed by atoms with Crippen molar-refractivity contribution in [1.82, 2.24) is 10.2 Å². The second kappa shape index (κ2) is 14.8. The number of hydrogen-bond acceptors (Lipinski definition) is 3. The zero-order chi connectivity index (χ0) is 30.0. The lowest BCUT2D eigenvalue weighted by Gasteiger charge is -2.33. The number of amides is 2. The Morgan fingerprint density at radius 3 is 1.84 bits per heavy atom. The summed E-state index contributed by atoms with van der Waals surface area (Å²) in [6.07, 6.45) is 3.00. The van der Waals surface area contributed by atoms with Crippen LogP contribution in [0.4, 0.5) is 5.69 Å². The molecule has 1 unspecified atom stereocenters. The summed E-state index contributed by atoms with van der Waals surface area (Å²) in [6, 6.07) is 38.7. The van der Waals surface area contributed by atoms with Gasteiger partial charge in [0.25, 0.3) is 0 Å². The van der Waals surface area contributed by atoms with E-state index in [1.165, 1.54) is 5.56 Å². The monoisotopic (exact) mass is 573 g/mol. The van der Waals surface area contributed by atoms with Crippen molar-refractivity contribution >= 4 is 17.5 Å². The van der Waals surface area contributed by atoms with Gasteiger partial charge in [0.05, 0.1) is 12.0 Å². The number of piperidine rings is 1. The molecule has 4 aromatic rings. The molecule has 0 saturated carbocycles. The van der Waals surface area contributed by atoms with E-state index in [0.29, 0.717) is 5.92 Å². The Morgan fingerprint density at radius 1 is 0.721 bits per heavy atom. The molecular formula is C38H43N3O2. The van der Waals surface area contributed by atoms with E-state index in [1.54, 1.807) is 0 Å². The molecule has 0 bridgehead atoms. The highest BCUT2D eigenvalue weighted by molar-refractivity contribution is 5.92. The quantitative estimate of drug-likeness (QED) is 0.195. The van der Waals surface area contributed by atoms with Crippen LogP contribution in [0.3, 0.4) is 0 Å². The van der Waals surface area contributed by atoms with E-state index in [-0.39, 0.29) is 29.7 Å². The van der Waals surface area contributed by atoms with Crippen molar-refractivity contribution in [2.45, 2.75) is 51.0 Å². The van der Waals surface area contributed by atoms with Gasteiger partial charge in [-0.3, -0.25) is 9.59 Å². The third-order valence-electron chi connectivity index (χ3n) is 8.52. The van der Waals surface area contributed by atoms with Crippen molar-refractivity contribution in [1.29, 1.82) is 0 Å². The second-order valence-corrected chi connectivity index (χ2v) is 11.9. The van der Waals surface area contributed by atoms with Crippen molar-refractivity contribution in [2.75, 3.05) is 25.0 Å². The van der Waals surface area contributed by atoms with Gasteiger partial charge in [-0.25, -0.2) is 0 Å². The third-order valence-corrected chi connectivity index (χ3v) is 8.52. The number of anilines is 1. The van der Waals surface area contributed by atoms with Crippen LogP contribution in [0.25, 0.3) is 0 Å². The molecule has 4 aromatic carbocycles. The van der Waals surface area contributed by atoms with E-state index in [0.717, 1.165) is 61.3 Å². The van der Waals surface area contributed by atoms with Gasteiger partial charge in [-0.1, -0.05) is 117 Å². The standard InChI is InChI=1S/C38H43N3O2/c1-28(2)37(42)39-34-20-12-19-33(27-34)29-21-24-41(25-22-29)26-23-35(30-13-6-3-7-14-30)40-38(43)36(31-15-8-4-9-16-31)32-17-10-5-11-18-32/h3-20,27-29,35-36H,21-26H2,1-2H3,(H,39,42)(H,40,43). The van der Waals surface area contributed by atoms with Crippen LogP contribution in [-0.4, -0.2) is 36.3 Å². The molecule has 0 aromatic heterocycles. The lowest BCUT2D eigenvalue weighted by molar-refractivity contribution is -0.122. The molecule has 0 radical (unpaired) electrons. The van der Waals surface area contributed by atoms with Crippen molar-refractivity contribution < 1.29 is 9.59 Å². The summed E-state index contributed by atoms with van der Waals surface area (Å²) in [7, 11) is 0. The van der Waals surface area contributed by atoms with E-state index in [2.05, 4.69) is 39.8 Å². The SMILES string of the molecule is CC(C)C(=O)Nc1cccc(C2CCN(CCC(NC(=O)C(c3ccccc3)c3ccccc3)c3ccccc3)CC2)c1. The van der Waals surface area contributed by atoms with Crippen LogP contribution in [-0.2, 0) is 9.59 Å². The third kappa shape index (κ3) is 8.20. The van der Waals surface area contributed by atoms with Crippen molar-refractivity contribution in [3.63, 3.8) is 0 Å². The summed E-state index contributed by atoms with van der Waals surface area (Å²) in [6.45, 7) is 6.76. The number of nitrogens with zero attached hydrogens (tertiary/aromatic N) is 1. The molecule has 1 fully saturated rings. The van der Waals surface area contributed by atoms with Gasteiger partial charge in [0, 0.05) is 18.2 Å². The molecule has 1 atom stereocenters. The summed E-state index contributed by atoms with van der Waals surface area (Å²) >= 11 is 0. The first-order chi connectivity index (χ1) is 21.0. The molecule has 0 aliphatic carbocycles. The molecule has 5 nitrogen and oxygen atoms in total. The lowest BCUT2D eigenvalue weighted by Crippen LogP contribution is -2.38. The van der Waals surface area contributed by atoms with E-state index < -0.39 is 0 Å². The predicted molar refractivity (Wildman–Crippen MR) is 175 cm³/mol. The van der Waals surface area contributed by atoms with Crippen molar-refractivity contribution in [2.24, 2.45) is 5.92 Å². The molecule has 1 heterocycles. The molecule has 43 heavy (non-hydrogen) atoms. The Balaban J connectivity index is 1.23. The van der Waals surface area contributed by atoms with Crippen LogP contribution in [0.5, 0.6) is 0 Å². The van der Waals surface area contributed by atoms with E-state index in [4.69, 9.17) is 0 Å². The van der Waals surface area contributed by atoms with E-state index in [1.807, 2.05) is 105 Å². The first-order valence-corrected chi connectivity index (χ1v) is 15.6. The number of carbonyl (C=O) groups is 2. The summed E-state index contributed by atoms with van der Waals surface area (Å²) in [4.78, 5) is 28.7. The Morgan fingerprint density at radius 2 is 1.28 bits per heavy atom. The minimum absolute atomic E-state index is 0.0226. The second-order valence-electron chi connectivity index (χ2n) is 11.9. The number of carbonyl (C=O) groups excluding carboxylic acids is 2. The molecular weight excluding hydrogens is 530 g/mol. The molecule has 1 saturated heterocycles. The van der Waals surface area contributed by atoms with Gasteiger partial charge in [0.2, 0.25) is 11.8 Å². The fourth-order valence-electron chi connectivity index (χ4n) is 6.01. The summed E-state index contributed by atoms with van der Waals surface area (Å²) in [5.41, 5.74) is 5.29. The van der Waals surface area contributed by atoms with Crippen molar-refractivity contribution in [3.05, 3.63) is 138 Å². The minimum atomic E-state index is -0.370. The zero-order valence-corrected chi connectivity index (χ0v) is 25.3. The lowest BCUT2D eigenvalue weighted by atomic mass is 9.88. The average Bonchev–Trinajstić information content (AvgIpc) is 3.05. The van der Waals surface area contributed by atoms with Gasteiger partial charge in [-0.15, -0.1) is 0 Å². The number of benzene rings is 4. The van der Waals surface area contributed by atoms with Gasteiger partial charge in [0.1, 0.15) is 0 Å². The van der Waals surface area contributed by atoms with Crippen LogP contribution in [0.15, 0.2) is 115 Å². The van der Waals surface area contributed by atoms with Gasteiger partial charge in [0.15, 0.2) is 0 Å². The maximum Gasteiger partial charge on any atom is 0.232 e. The Labute approximate surface area is 256 Å². The Kier molecular flexibility index (Phi) is 10.4. The first-order valence-electron chi connectivity index (χ1n) is 15.6. The van der Waals surface area contributed by atoms with Crippen LogP contribution in [0, 0.1) is 5.92 Å². The minimum Gasteiger partial charge on any atom is -0.348 e. The highest BCUT2D eigenvalue weighted by Crippen LogP contribution is 2.31. The molecule has 5 rings (SSSR count). The molecule has 2 amide bonds. The summed E-state index contributed by atoms with van der Waals surface area (Å²) in [5, 5.41) is 6.47. The normalized spacial score (nSPS) is 14.9. The van der Waals surface area contributed by atoms with Gasteiger partial charge in [-0.2, -0.15) is 0 Å². The van der Waals surface area contributed by atoms with Crippen LogP contribution >= 0.6 is 0 Å². The predicted octanol–water partition coefficient (Wildman–Crippen LogP) is 7.54. The fraction of sp³-hybridized carbons (Fsp3) is 0.316. The molecule has 2 N–H and O–H groups in total.